The quantitative estimate of drug-likeness (QED) is 0.390. The van der Waals surface area contributed by atoms with Gasteiger partial charge in [0.2, 0.25) is 0 Å². The zero-order valence-electron chi connectivity index (χ0n) is 1.88. The molecule has 0 rings (SSSR count). The van der Waals surface area contributed by atoms with E-state index in [0.717, 1.165) is 0 Å². The van der Waals surface area contributed by atoms with Gasteiger partial charge in [0.05, 0.1) is 0 Å². The number of hydrogen-bond donors (Lipinski definition) is 0. The van der Waals surface area contributed by atoms with Gasteiger partial charge in [0.15, 0.2) is 17.4 Å². The summed E-state index contributed by atoms with van der Waals surface area (Å²) < 4.78 is 0. The Morgan fingerprint density at radius 3 is 1.00 bits per heavy atom. The molecule has 0 heterocycles. The van der Waals surface area contributed by atoms with Crippen molar-refractivity contribution >= 4 is 66.2 Å². The van der Waals surface area contributed by atoms with Crippen LogP contribution in [0.15, 0.2) is 0 Å². The van der Waals surface area contributed by atoms with Gasteiger partial charge >= 0.3 is 78.4 Å². The molecule has 0 aliphatic heterocycles. The Hall–Kier alpha value is 3.92. The topological polar surface area (TPSA) is 0 Å². The second kappa shape index (κ2) is 24.7. The second-order valence-corrected chi connectivity index (χ2v) is 0. The van der Waals surface area contributed by atoms with Crippen molar-refractivity contribution in [3.63, 3.8) is 0 Å². The maximum absolute atomic E-state index is 0. The minimum Gasteiger partial charge on any atom is -1.00 e. The zero-order chi connectivity index (χ0) is 0. The fraction of sp³-hybridized carbons (Fsp3) is 0. The maximum Gasteiger partial charge on any atom is 1.00 e. The summed E-state index contributed by atoms with van der Waals surface area (Å²) in [6, 6.07) is 0. The van der Waals surface area contributed by atoms with E-state index in [1.165, 1.54) is 0 Å². The molecule has 0 atom stereocenters. The van der Waals surface area contributed by atoms with Gasteiger partial charge in [-0.3, -0.25) is 0 Å². The first-order valence-electron chi connectivity index (χ1n) is 0. The molecule has 22 valence electrons. The minimum atomic E-state index is 0. The molecule has 0 saturated heterocycles. The predicted octanol–water partition coefficient (Wildman–Crippen LogP) is -8.09. The van der Waals surface area contributed by atoms with Gasteiger partial charge < -0.3 is 4.70 Å². The first-order valence-corrected chi connectivity index (χ1v) is 0. The summed E-state index contributed by atoms with van der Waals surface area (Å²) in [5, 5.41) is 0. The molecule has 5 heavy (non-hydrogen) atoms. The molecule has 0 nitrogen and oxygen atoms in total. The van der Waals surface area contributed by atoms with Crippen LogP contribution in [0.25, 0.3) is 0 Å². The normalized spacial score (nSPS) is 0. The largest absolute Gasteiger partial charge is 1.00 e. The molecule has 0 aliphatic carbocycles. The standard InChI is InChI=1S/Al.Ba.FH.Na.Zr.5H/h;;1H;;;;;;;/q;;;+1;;;;;;/p-1. The molecule has 0 bridgehead atoms. The Bertz CT molecular complexity index is 11.6. The summed E-state index contributed by atoms with van der Waals surface area (Å²) in [5.74, 6) is 0. The van der Waals surface area contributed by atoms with Crippen LogP contribution >= 0.6 is 0 Å². The molecule has 0 aromatic rings. The van der Waals surface area contributed by atoms with E-state index in [1.54, 1.807) is 0 Å². The van der Waals surface area contributed by atoms with Crippen LogP contribution in [0.3, 0.4) is 0 Å². The molecule has 0 N–H and O–H groups in total. The monoisotopic (exact) mass is 302 g/mol. The van der Waals surface area contributed by atoms with Gasteiger partial charge in [-0.1, -0.05) is 0 Å². The SMILES string of the molecule is [AlH3].[BaH2].[F-].[Na+].[Zr]. The van der Waals surface area contributed by atoms with E-state index in [1.807, 2.05) is 0 Å². The molecule has 0 fully saturated rings. The first kappa shape index (κ1) is 36.4. The van der Waals surface area contributed by atoms with Crippen LogP contribution in [0.2, 0.25) is 0 Å². The zero-order valence-corrected chi connectivity index (χ0v) is 6.34. The molecule has 0 amide bonds. The van der Waals surface area contributed by atoms with Gasteiger partial charge in [0.1, 0.15) is 0 Å². The van der Waals surface area contributed by atoms with Crippen molar-refractivity contribution in [3.8, 4) is 0 Å². The van der Waals surface area contributed by atoms with Gasteiger partial charge in [0.25, 0.3) is 0 Å². The van der Waals surface area contributed by atoms with Crippen LogP contribution in [0.4, 0.5) is 0 Å². The van der Waals surface area contributed by atoms with Crippen molar-refractivity contribution in [1.29, 1.82) is 0 Å². The average molecular weight is 303 g/mol. The van der Waals surface area contributed by atoms with E-state index in [4.69, 9.17) is 0 Å². The summed E-state index contributed by atoms with van der Waals surface area (Å²) in [6.07, 6.45) is 0. The summed E-state index contributed by atoms with van der Waals surface area (Å²) in [5.41, 5.74) is 0. The van der Waals surface area contributed by atoms with E-state index in [9.17, 15) is 0 Å². The van der Waals surface area contributed by atoms with Crippen molar-refractivity contribution in [2.75, 3.05) is 0 Å². The van der Waals surface area contributed by atoms with Crippen molar-refractivity contribution in [2.45, 2.75) is 0 Å². The van der Waals surface area contributed by atoms with Gasteiger partial charge in [-0.05, 0) is 0 Å². The van der Waals surface area contributed by atoms with E-state index in [0.29, 0.717) is 0 Å². The summed E-state index contributed by atoms with van der Waals surface area (Å²) in [7, 11) is 0. The van der Waals surface area contributed by atoms with Crippen molar-refractivity contribution in [2.24, 2.45) is 0 Å². The van der Waals surface area contributed by atoms with Crippen LogP contribution in [0, 0.1) is 0 Å². The third kappa shape index (κ3) is 18.1. The molecule has 5 heteroatoms. The van der Waals surface area contributed by atoms with Crippen molar-refractivity contribution < 1.29 is 60.5 Å². The Morgan fingerprint density at radius 1 is 1.00 bits per heavy atom. The van der Waals surface area contributed by atoms with Gasteiger partial charge in [-0.25, -0.2) is 0 Å². The number of hydrogen-bond acceptors (Lipinski definition) is 0. The molecule has 0 unspecified atom stereocenters. The van der Waals surface area contributed by atoms with Gasteiger partial charge in [-0.2, -0.15) is 0 Å². The molecule has 0 radical (unpaired) electrons. The molecule has 0 aromatic carbocycles. The summed E-state index contributed by atoms with van der Waals surface area (Å²) >= 11 is 0. The van der Waals surface area contributed by atoms with E-state index >= 15 is 0 Å². The Morgan fingerprint density at radius 2 is 1.00 bits per heavy atom. The molecule has 0 saturated carbocycles. The van der Waals surface area contributed by atoms with E-state index < -0.39 is 0 Å². The van der Waals surface area contributed by atoms with Gasteiger partial charge in [-0.15, -0.1) is 0 Å². The smallest absolute Gasteiger partial charge is 1.00 e. The molecular formula is H5AlBaFNaZr. The van der Waals surface area contributed by atoms with E-state index in [-0.39, 0.29) is 127 Å². The van der Waals surface area contributed by atoms with Crippen LogP contribution in [0.5, 0.6) is 0 Å². The Kier molecular flexibility index (Phi) is 180. The summed E-state index contributed by atoms with van der Waals surface area (Å²) in [4.78, 5) is 0. The predicted molar refractivity (Wildman–Crippen MR) is 18.5 cm³/mol. The second-order valence-electron chi connectivity index (χ2n) is 0. The van der Waals surface area contributed by atoms with Crippen molar-refractivity contribution in [3.05, 3.63) is 0 Å². The average Bonchev–Trinajstić information content (AvgIpc) is 0. The van der Waals surface area contributed by atoms with Gasteiger partial charge in [0, 0.05) is 26.2 Å². The molecule has 0 spiro atoms. The Labute approximate surface area is 123 Å². The molecule has 0 aliphatic rings. The first-order chi connectivity index (χ1) is 0. The van der Waals surface area contributed by atoms with Crippen LogP contribution in [-0.4, -0.2) is 66.2 Å². The van der Waals surface area contributed by atoms with Crippen LogP contribution in [0.1, 0.15) is 0 Å². The number of halogens is 1. The van der Waals surface area contributed by atoms with E-state index in [2.05, 4.69) is 0 Å². The maximum atomic E-state index is 0. The van der Waals surface area contributed by atoms with Crippen LogP contribution < -0.4 is 34.3 Å². The third-order valence-electron chi connectivity index (χ3n) is 0. The van der Waals surface area contributed by atoms with Crippen molar-refractivity contribution in [1.82, 2.24) is 0 Å². The minimum absolute atomic E-state index is 0. The van der Waals surface area contributed by atoms with Crippen LogP contribution in [-0.2, 0) is 26.2 Å². The molecular weight excluding hydrogens is 298 g/mol. The Balaban J connectivity index is 0. The number of rotatable bonds is 0. The summed E-state index contributed by atoms with van der Waals surface area (Å²) in [6.45, 7) is 0. The fourth-order valence-electron chi connectivity index (χ4n) is 0. The third-order valence-corrected chi connectivity index (χ3v) is 0. The molecule has 0 aromatic heterocycles. The fourth-order valence-corrected chi connectivity index (χ4v) is 0.